The first-order valence-electron chi connectivity index (χ1n) is 8.28. The first kappa shape index (κ1) is 14.4. The van der Waals surface area contributed by atoms with Crippen LogP contribution in [0.2, 0.25) is 0 Å². The van der Waals surface area contributed by atoms with Crippen LogP contribution in [0.4, 0.5) is 0 Å². The average molecular weight is 250 g/mol. The molecule has 0 aromatic heterocycles. The summed E-state index contributed by atoms with van der Waals surface area (Å²) in [4.78, 5) is 0. The van der Waals surface area contributed by atoms with Crippen LogP contribution in [0.15, 0.2) is 0 Å². The minimum Gasteiger partial charge on any atom is -0.0654 e. The molecule has 2 fully saturated rings. The number of rotatable bonds is 7. The zero-order valence-corrected chi connectivity index (χ0v) is 13.6. The van der Waals surface area contributed by atoms with E-state index >= 15 is 0 Å². The van der Waals surface area contributed by atoms with Gasteiger partial charge >= 0.3 is 0 Å². The van der Waals surface area contributed by atoms with Gasteiger partial charge in [-0.05, 0) is 60.2 Å². The standard InChI is InChI=1S/C18H34/c1-7-8-15-12-18(15,6)10-14(3)13(2)9-16-11-17(16,4)5/h13-16H,7-12H2,1-6H3. The van der Waals surface area contributed by atoms with E-state index in [4.69, 9.17) is 0 Å². The van der Waals surface area contributed by atoms with E-state index in [-0.39, 0.29) is 0 Å². The van der Waals surface area contributed by atoms with Crippen molar-refractivity contribution in [3.05, 3.63) is 0 Å². The summed E-state index contributed by atoms with van der Waals surface area (Å²) in [5.74, 6) is 3.92. The van der Waals surface area contributed by atoms with E-state index < -0.39 is 0 Å². The number of hydrogen-bond donors (Lipinski definition) is 0. The third-order valence-corrected chi connectivity index (χ3v) is 6.31. The molecule has 0 spiro atoms. The highest BCUT2D eigenvalue weighted by molar-refractivity contribution is 5.00. The molecule has 0 heteroatoms. The lowest BCUT2D eigenvalue weighted by Crippen LogP contribution is -2.15. The molecule has 0 heterocycles. The maximum absolute atomic E-state index is 2.54. The zero-order valence-electron chi connectivity index (χ0n) is 13.6. The van der Waals surface area contributed by atoms with Crippen molar-refractivity contribution in [1.29, 1.82) is 0 Å². The fraction of sp³-hybridized carbons (Fsp3) is 1.00. The van der Waals surface area contributed by atoms with Gasteiger partial charge in [0, 0.05) is 0 Å². The summed E-state index contributed by atoms with van der Waals surface area (Å²) < 4.78 is 0. The Morgan fingerprint density at radius 3 is 2.11 bits per heavy atom. The molecule has 0 aromatic rings. The van der Waals surface area contributed by atoms with Crippen molar-refractivity contribution in [3.63, 3.8) is 0 Å². The van der Waals surface area contributed by atoms with Crippen LogP contribution in [0.1, 0.15) is 80.1 Å². The van der Waals surface area contributed by atoms with Gasteiger partial charge in [-0.3, -0.25) is 0 Å². The topological polar surface area (TPSA) is 0 Å². The lowest BCUT2D eigenvalue weighted by molar-refractivity contribution is 0.259. The normalized spacial score (nSPS) is 40.3. The van der Waals surface area contributed by atoms with Crippen LogP contribution in [0.3, 0.4) is 0 Å². The molecule has 0 saturated heterocycles. The molecule has 0 aromatic carbocycles. The van der Waals surface area contributed by atoms with Crippen LogP contribution in [0.25, 0.3) is 0 Å². The van der Waals surface area contributed by atoms with E-state index in [0.717, 1.165) is 23.7 Å². The summed E-state index contributed by atoms with van der Waals surface area (Å²) in [5.41, 5.74) is 1.38. The van der Waals surface area contributed by atoms with Crippen molar-refractivity contribution in [1.82, 2.24) is 0 Å². The summed E-state index contributed by atoms with van der Waals surface area (Å²) in [7, 11) is 0. The second-order valence-electron chi connectivity index (χ2n) is 8.63. The quantitative estimate of drug-likeness (QED) is 0.527. The summed E-state index contributed by atoms with van der Waals surface area (Å²) in [6, 6.07) is 0. The van der Waals surface area contributed by atoms with Gasteiger partial charge in [-0.25, -0.2) is 0 Å². The van der Waals surface area contributed by atoms with E-state index in [9.17, 15) is 0 Å². The average Bonchev–Trinajstić information content (AvgIpc) is 3.06. The number of hydrogen-bond acceptors (Lipinski definition) is 0. The fourth-order valence-corrected chi connectivity index (χ4v) is 4.15. The maximum atomic E-state index is 2.54. The summed E-state index contributed by atoms with van der Waals surface area (Å²) in [6.45, 7) is 14.8. The van der Waals surface area contributed by atoms with Gasteiger partial charge in [-0.15, -0.1) is 0 Å². The highest BCUT2D eigenvalue weighted by Crippen LogP contribution is 2.60. The van der Waals surface area contributed by atoms with Crippen LogP contribution in [-0.2, 0) is 0 Å². The zero-order chi connectivity index (χ0) is 13.6. The Balaban J connectivity index is 1.73. The third-order valence-electron chi connectivity index (χ3n) is 6.31. The Morgan fingerprint density at radius 2 is 1.61 bits per heavy atom. The van der Waals surface area contributed by atoms with Gasteiger partial charge in [-0.2, -0.15) is 0 Å². The second-order valence-corrected chi connectivity index (χ2v) is 8.63. The first-order chi connectivity index (χ1) is 8.28. The Hall–Kier alpha value is 0. The Kier molecular flexibility index (Phi) is 3.87. The van der Waals surface area contributed by atoms with E-state index in [0.29, 0.717) is 10.8 Å². The summed E-state index contributed by atoms with van der Waals surface area (Å²) >= 11 is 0. The van der Waals surface area contributed by atoms with Gasteiger partial charge in [-0.1, -0.05) is 54.4 Å². The van der Waals surface area contributed by atoms with Gasteiger partial charge in [0.1, 0.15) is 0 Å². The molecule has 0 nitrogen and oxygen atoms in total. The minimum absolute atomic E-state index is 0.669. The predicted molar refractivity (Wildman–Crippen MR) is 80.6 cm³/mol. The maximum Gasteiger partial charge on any atom is -0.0292 e. The van der Waals surface area contributed by atoms with Crippen LogP contribution >= 0.6 is 0 Å². The molecule has 5 atom stereocenters. The molecule has 0 radical (unpaired) electrons. The molecule has 2 aliphatic carbocycles. The molecule has 18 heavy (non-hydrogen) atoms. The highest BCUT2D eigenvalue weighted by atomic mass is 14.6. The third kappa shape index (κ3) is 3.11. The van der Waals surface area contributed by atoms with Gasteiger partial charge in [0.15, 0.2) is 0 Å². The molecule has 0 aliphatic heterocycles. The Labute approximate surface area is 115 Å². The van der Waals surface area contributed by atoms with Crippen LogP contribution < -0.4 is 0 Å². The molecule has 0 amide bonds. The van der Waals surface area contributed by atoms with Gasteiger partial charge in [0.05, 0.1) is 0 Å². The predicted octanol–water partition coefficient (Wildman–Crippen LogP) is 5.91. The molecule has 2 rings (SSSR count). The lowest BCUT2D eigenvalue weighted by atomic mass is 9.81. The van der Waals surface area contributed by atoms with Crippen LogP contribution in [-0.4, -0.2) is 0 Å². The SMILES string of the molecule is CCCC1CC1(C)CC(C)C(C)CC1CC1(C)C. The molecule has 106 valence electrons. The lowest BCUT2D eigenvalue weighted by Gasteiger charge is -2.24. The smallest absolute Gasteiger partial charge is 0.0292 e. The molecule has 2 saturated carbocycles. The molecule has 0 bridgehead atoms. The van der Waals surface area contributed by atoms with Crippen LogP contribution in [0, 0.1) is 34.5 Å². The Bertz CT molecular complexity index is 290. The van der Waals surface area contributed by atoms with Crippen molar-refractivity contribution in [2.45, 2.75) is 80.1 Å². The molecular weight excluding hydrogens is 216 g/mol. The minimum atomic E-state index is 0.669. The van der Waals surface area contributed by atoms with Gasteiger partial charge in [0.2, 0.25) is 0 Å². The second kappa shape index (κ2) is 4.84. The fourth-order valence-electron chi connectivity index (χ4n) is 4.15. The van der Waals surface area contributed by atoms with Gasteiger partial charge < -0.3 is 0 Å². The van der Waals surface area contributed by atoms with E-state index in [2.05, 4.69) is 41.5 Å². The van der Waals surface area contributed by atoms with E-state index in [1.165, 1.54) is 38.5 Å². The Morgan fingerprint density at radius 1 is 1.00 bits per heavy atom. The molecule has 2 aliphatic rings. The van der Waals surface area contributed by atoms with Crippen molar-refractivity contribution >= 4 is 0 Å². The first-order valence-corrected chi connectivity index (χ1v) is 8.28. The summed E-state index contributed by atoms with van der Waals surface area (Å²) in [5, 5.41) is 0. The van der Waals surface area contributed by atoms with E-state index in [1.807, 2.05) is 0 Å². The summed E-state index contributed by atoms with van der Waals surface area (Å²) in [6.07, 6.45) is 8.77. The van der Waals surface area contributed by atoms with Crippen molar-refractivity contribution < 1.29 is 0 Å². The van der Waals surface area contributed by atoms with Crippen molar-refractivity contribution in [2.75, 3.05) is 0 Å². The van der Waals surface area contributed by atoms with E-state index in [1.54, 1.807) is 0 Å². The molecule has 0 N–H and O–H groups in total. The van der Waals surface area contributed by atoms with Crippen molar-refractivity contribution in [2.24, 2.45) is 34.5 Å². The monoisotopic (exact) mass is 250 g/mol. The van der Waals surface area contributed by atoms with Crippen molar-refractivity contribution in [3.8, 4) is 0 Å². The van der Waals surface area contributed by atoms with Gasteiger partial charge in [0.25, 0.3) is 0 Å². The van der Waals surface area contributed by atoms with Crippen LogP contribution in [0.5, 0.6) is 0 Å². The molecule has 5 unspecified atom stereocenters. The molecular formula is C18H34. The largest absolute Gasteiger partial charge is 0.0654 e. The highest BCUT2D eigenvalue weighted by Gasteiger charge is 2.50.